The molecule has 1 aliphatic rings. The average molecular weight is 510 g/mol. The molecule has 9 heteroatoms. The van der Waals surface area contributed by atoms with Gasteiger partial charge in [-0.1, -0.05) is 17.7 Å². The smallest absolute Gasteiger partial charge is 0.308 e. The number of nitrogens with one attached hydrogen (secondary N) is 2. The lowest BCUT2D eigenvalue weighted by Gasteiger charge is -2.27. The van der Waals surface area contributed by atoms with Crippen LogP contribution in [-0.2, 0) is 16.1 Å². The number of pyridine rings is 1. The molecule has 2 heterocycles. The quantitative estimate of drug-likeness (QED) is 0.417. The van der Waals surface area contributed by atoms with E-state index in [1.807, 2.05) is 24.3 Å². The number of halogens is 2. The Morgan fingerprint density at radius 1 is 1.30 bits per heavy atom. The molecule has 4 rings (SSSR count). The number of hydrogen-bond acceptors (Lipinski definition) is 7. The Balaban J connectivity index is 1.42. The number of anilines is 2. The third-order valence-corrected chi connectivity index (χ3v) is 7.68. The number of esters is 1. The molecule has 30 heavy (non-hydrogen) atoms. The maximum Gasteiger partial charge on any atom is 0.308 e. The Kier molecular flexibility index (Phi) is 6.87. The van der Waals surface area contributed by atoms with Crippen molar-refractivity contribution >= 4 is 66.6 Å². The van der Waals surface area contributed by atoms with Gasteiger partial charge in [-0.15, -0.1) is 11.3 Å². The maximum atomic E-state index is 11.7. The third kappa shape index (κ3) is 4.77. The molecular weight excluding hydrogens is 488 g/mol. The molecule has 0 amide bonds. The van der Waals surface area contributed by atoms with E-state index >= 15 is 0 Å². The standard InChI is InChI=1S/C21H22BrClN4O2S/c1-29-21(28)12-5-7-13(8-6-12)25-11-17-27-19-16(30-17)9-10-24-20(19)26-15-4-2-3-14(22)18(15)23/h2-4,9-10,12-13,25H,5-8,11H2,1H3,(H,24,26). The van der Waals surface area contributed by atoms with E-state index in [1.54, 1.807) is 17.5 Å². The predicted molar refractivity (Wildman–Crippen MR) is 124 cm³/mol. The summed E-state index contributed by atoms with van der Waals surface area (Å²) in [6.07, 6.45) is 5.46. The molecular formula is C21H22BrClN4O2S. The van der Waals surface area contributed by atoms with Gasteiger partial charge in [0.25, 0.3) is 0 Å². The van der Waals surface area contributed by atoms with Crippen LogP contribution in [0.15, 0.2) is 34.9 Å². The number of carbonyl (C=O) groups is 1. The molecule has 1 fully saturated rings. The minimum atomic E-state index is -0.0855. The highest BCUT2D eigenvalue weighted by Gasteiger charge is 2.26. The van der Waals surface area contributed by atoms with Crippen molar-refractivity contribution in [3.05, 3.63) is 45.0 Å². The fourth-order valence-corrected chi connectivity index (χ4v) is 5.18. The summed E-state index contributed by atoms with van der Waals surface area (Å²) < 4.78 is 6.76. The first kappa shape index (κ1) is 21.5. The monoisotopic (exact) mass is 508 g/mol. The first-order valence-electron chi connectivity index (χ1n) is 9.82. The number of carbonyl (C=O) groups excluding carboxylic acids is 1. The molecule has 1 aromatic carbocycles. The van der Waals surface area contributed by atoms with Gasteiger partial charge < -0.3 is 15.4 Å². The number of nitrogens with zero attached hydrogens (tertiary/aromatic N) is 2. The summed E-state index contributed by atoms with van der Waals surface area (Å²) in [5.74, 6) is 0.645. The topological polar surface area (TPSA) is 76.1 Å². The number of ether oxygens (including phenoxy) is 1. The fraction of sp³-hybridized carbons (Fsp3) is 0.381. The van der Waals surface area contributed by atoms with Crippen molar-refractivity contribution < 1.29 is 9.53 Å². The van der Waals surface area contributed by atoms with Crippen LogP contribution >= 0.6 is 38.9 Å². The summed E-state index contributed by atoms with van der Waals surface area (Å²) in [5.41, 5.74) is 1.62. The SMILES string of the molecule is COC(=O)C1CCC(NCc2nc3c(Nc4cccc(Br)c4Cl)nccc3s2)CC1. The molecule has 1 aliphatic carbocycles. The number of aromatic nitrogens is 2. The summed E-state index contributed by atoms with van der Waals surface area (Å²) in [4.78, 5) is 20.9. The lowest BCUT2D eigenvalue weighted by Crippen LogP contribution is -2.34. The lowest BCUT2D eigenvalue weighted by molar-refractivity contribution is -0.146. The Labute approximate surface area is 192 Å². The Bertz CT molecular complexity index is 1050. The van der Waals surface area contributed by atoms with Gasteiger partial charge in [-0.2, -0.15) is 0 Å². The van der Waals surface area contributed by atoms with Crippen molar-refractivity contribution in [2.24, 2.45) is 5.92 Å². The highest BCUT2D eigenvalue weighted by atomic mass is 79.9. The van der Waals surface area contributed by atoms with Crippen molar-refractivity contribution in [2.45, 2.75) is 38.3 Å². The summed E-state index contributed by atoms with van der Waals surface area (Å²) in [6, 6.07) is 8.10. The van der Waals surface area contributed by atoms with Gasteiger partial charge in [0.15, 0.2) is 5.82 Å². The van der Waals surface area contributed by atoms with Gasteiger partial charge in [0.05, 0.1) is 28.4 Å². The van der Waals surface area contributed by atoms with E-state index in [-0.39, 0.29) is 11.9 Å². The van der Waals surface area contributed by atoms with Crippen molar-refractivity contribution in [3.63, 3.8) is 0 Å². The molecule has 2 N–H and O–H groups in total. The summed E-state index contributed by atoms with van der Waals surface area (Å²) >= 11 is 11.5. The van der Waals surface area contributed by atoms with Crippen LogP contribution in [0.25, 0.3) is 10.2 Å². The molecule has 6 nitrogen and oxygen atoms in total. The van der Waals surface area contributed by atoms with Crippen LogP contribution in [0.5, 0.6) is 0 Å². The van der Waals surface area contributed by atoms with Crippen LogP contribution in [0.2, 0.25) is 5.02 Å². The Morgan fingerprint density at radius 3 is 2.87 bits per heavy atom. The van der Waals surface area contributed by atoms with Crippen molar-refractivity contribution in [2.75, 3.05) is 12.4 Å². The summed E-state index contributed by atoms with van der Waals surface area (Å²) in [5, 5.41) is 8.51. The maximum absolute atomic E-state index is 11.7. The van der Waals surface area contributed by atoms with E-state index in [1.165, 1.54) is 7.11 Å². The molecule has 1 saturated carbocycles. The molecule has 0 radical (unpaired) electrons. The van der Waals surface area contributed by atoms with Crippen LogP contribution in [0, 0.1) is 5.92 Å². The normalized spacial score (nSPS) is 19.0. The molecule has 158 valence electrons. The van der Waals surface area contributed by atoms with Gasteiger partial charge in [-0.3, -0.25) is 4.79 Å². The van der Waals surface area contributed by atoms with Gasteiger partial charge in [-0.25, -0.2) is 9.97 Å². The fourth-order valence-electron chi connectivity index (χ4n) is 3.73. The minimum Gasteiger partial charge on any atom is -0.469 e. The molecule has 0 saturated heterocycles. The molecule has 0 bridgehead atoms. The van der Waals surface area contributed by atoms with E-state index in [0.717, 1.165) is 51.1 Å². The highest BCUT2D eigenvalue weighted by molar-refractivity contribution is 9.10. The van der Waals surface area contributed by atoms with Crippen molar-refractivity contribution in [3.8, 4) is 0 Å². The lowest BCUT2D eigenvalue weighted by atomic mass is 9.86. The molecule has 3 aromatic rings. The zero-order valence-corrected chi connectivity index (χ0v) is 19.6. The van der Waals surface area contributed by atoms with Gasteiger partial charge in [0, 0.05) is 23.3 Å². The van der Waals surface area contributed by atoms with Crippen LogP contribution in [0.4, 0.5) is 11.5 Å². The summed E-state index contributed by atoms with van der Waals surface area (Å²) in [7, 11) is 1.46. The van der Waals surface area contributed by atoms with E-state index in [2.05, 4.69) is 31.5 Å². The van der Waals surface area contributed by atoms with Crippen molar-refractivity contribution in [1.29, 1.82) is 0 Å². The molecule has 0 atom stereocenters. The zero-order chi connectivity index (χ0) is 21.1. The number of benzene rings is 1. The molecule has 2 aromatic heterocycles. The van der Waals surface area contributed by atoms with Gasteiger partial charge in [0.1, 0.15) is 10.5 Å². The number of thiazole rings is 1. The predicted octanol–water partition coefficient (Wildman–Crippen LogP) is 5.67. The van der Waals surface area contributed by atoms with Crippen molar-refractivity contribution in [1.82, 2.24) is 15.3 Å². The van der Waals surface area contributed by atoms with E-state index in [4.69, 9.17) is 21.3 Å². The highest BCUT2D eigenvalue weighted by Crippen LogP contribution is 2.34. The first-order valence-corrected chi connectivity index (χ1v) is 11.8. The van der Waals surface area contributed by atoms with Crippen LogP contribution in [0.1, 0.15) is 30.7 Å². The Morgan fingerprint density at radius 2 is 2.10 bits per heavy atom. The Hall–Kier alpha value is -1.74. The van der Waals surface area contributed by atoms with Gasteiger partial charge >= 0.3 is 5.97 Å². The molecule has 0 spiro atoms. The van der Waals surface area contributed by atoms with Gasteiger partial charge in [-0.05, 0) is 59.8 Å². The number of hydrogen-bond donors (Lipinski definition) is 2. The van der Waals surface area contributed by atoms with E-state index < -0.39 is 0 Å². The first-order chi connectivity index (χ1) is 14.5. The zero-order valence-electron chi connectivity index (χ0n) is 16.5. The minimum absolute atomic E-state index is 0.0417. The number of methoxy groups -OCH3 is 1. The van der Waals surface area contributed by atoms with E-state index in [0.29, 0.717) is 23.4 Å². The number of rotatable bonds is 6. The largest absolute Gasteiger partial charge is 0.469 e. The molecule has 0 aliphatic heterocycles. The van der Waals surface area contributed by atoms with Crippen LogP contribution < -0.4 is 10.6 Å². The third-order valence-electron chi connectivity index (χ3n) is 5.36. The van der Waals surface area contributed by atoms with Crippen LogP contribution in [0.3, 0.4) is 0 Å². The van der Waals surface area contributed by atoms with Crippen LogP contribution in [-0.4, -0.2) is 29.1 Å². The van der Waals surface area contributed by atoms with E-state index in [9.17, 15) is 4.79 Å². The summed E-state index contributed by atoms with van der Waals surface area (Å²) in [6.45, 7) is 0.698. The number of fused-ring (bicyclic) bond motifs is 1. The van der Waals surface area contributed by atoms with Gasteiger partial charge in [0.2, 0.25) is 0 Å². The second kappa shape index (κ2) is 9.60. The average Bonchev–Trinajstić information content (AvgIpc) is 3.19. The second-order valence-corrected chi connectivity index (χ2v) is 9.64. The molecule has 0 unspecified atom stereocenters. The second-order valence-electron chi connectivity index (χ2n) is 7.29.